The monoisotopic (exact) mass is 242 g/mol. The Morgan fingerprint density at radius 3 is 2.12 bits per heavy atom. The van der Waals surface area contributed by atoms with Crippen LogP contribution in [0.1, 0.15) is 47.0 Å². The molecule has 98 valence electrons. The van der Waals surface area contributed by atoms with Gasteiger partial charge in [0.15, 0.2) is 0 Å². The minimum Gasteiger partial charge on any atom is -0.444 e. The molecule has 1 fully saturated rings. The molecule has 2 unspecified atom stereocenters. The Balaban J connectivity index is 2.30. The molecule has 0 heterocycles. The lowest BCUT2D eigenvalue weighted by Crippen LogP contribution is -2.39. The lowest BCUT2D eigenvalue weighted by molar-refractivity contribution is -0.119. The van der Waals surface area contributed by atoms with Crippen LogP contribution >= 0.6 is 0 Å². The summed E-state index contributed by atoms with van der Waals surface area (Å²) in [4.78, 5) is 22.4. The number of nitrogens with one attached hydrogen (secondary N) is 2. The number of carbonyl (C=O) groups excluding carboxylic acids is 2. The summed E-state index contributed by atoms with van der Waals surface area (Å²) in [5, 5.41) is 5.69. The molecule has 1 saturated carbocycles. The van der Waals surface area contributed by atoms with Crippen LogP contribution in [0.4, 0.5) is 4.79 Å². The van der Waals surface area contributed by atoms with E-state index < -0.39 is 5.60 Å². The lowest BCUT2D eigenvalue weighted by Gasteiger charge is -2.21. The molecule has 0 aromatic heterocycles. The summed E-state index contributed by atoms with van der Waals surface area (Å²) >= 11 is 0. The van der Waals surface area contributed by atoms with Crippen LogP contribution in [0.25, 0.3) is 0 Å². The average Bonchev–Trinajstić information content (AvgIpc) is 2.46. The van der Waals surface area contributed by atoms with Crippen molar-refractivity contribution >= 4 is 12.0 Å². The molecule has 0 aromatic carbocycles. The van der Waals surface area contributed by atoms with Crippen LogP contribution in [0.2, 0.25) is 0 Å². The molecule has 0 spiro atoms. The average molecular weight is 242 g/mol. The third-order valence-electron chi connectivity index (χ3n) is 2.56. The minimum absolute atomic E-state index is 0.0204. The molecule has 5 heteroatoms. The Bertz CT molecular complexity index is 297. The van der Waals surface area contributed by atoms with Crippen LogP contribution in [-0.4, -0.2) is 29.7 Å². The van der Waals surface area contributed by atoms with E-state index in [1.807, 2.05) is 20.8 Å². The van der Waals surface area contributed by atoms with E-state index in [2.05, 4.69) is 10.6 Å². The first kappa shape index (κ1) is 13.8. The zero-order valence-electron chi connectivity index (χ0n) is 11.0. The zero-order chi connectivity index (χ0) is 13.1. The first-order valence-electron chi connectivity index (χ1n) is 6.03. The van der Waals surface area contributed by atoms with Gasteiger partial charge in [0, 0.05) is 19.0 Å². The van der Waals surface area contributed by atoms with Gasteiger partial charge in [0.1, 0.15) is 5.60 Å². The molecule has 0 radical (unpaired) electrons. The Morgan fingerprint density at radius 2 is 1.65 bits per heavy atom. The fourth-order valence-electron chi connectivity index (χ4n) is 2.01. The van der Waals surface area contributed by atoms with Crippen molar-refractivity contribution in [3.05, 3.63) is 0 Å². The maximum atomic E-state index is 11.5. The van der Waals surface area contributed by atoms with E-state index in [-0.39, 0.29) is 24.1 Å². The Labute approximate surface area is 102 Å². The standard InChI is InChI=1S/C12H22N2O3/c1-8(15)13-9-5-6-10(7-9)14-11(16)17-12(2,3)4/h9-10H,5-7H2,1-4H3,(H,13,15)(H,14,16). The molecule has 0 aromatic rings. The summed E-state index contributed by atoms with van der Waals surface area (Å²) in [6.07, 6.45) is 2.18. The van der Waals surface area contributed by atoms with Gasteiger partial charge in [0.25, 0.3) is 0 Å². The predicted molar refractivity (Wildman–Crippen MR) is 64.6 cm³/mol. The van der Waals surface area contributed by atoms with Gasteiger partial charge in [-0.3, -0.25) is 4.79 Å². The van der Waals surface area contributed by atoms with E-state index in [0.29, 0.717) is 0 Å². The van der Waals surface area contributed by atoms with Crippen molar-refractivity contribution in [2.45, 2.75) is 64.6 Å². The highest BCUT2D eigenvalue weighted by Gasteiger charge is 2.27. The van der Waals surface area contributed by atoms with E-state index in [0.717, 1.165) is 19.3 Å². The van der Waals surface area contributed by atoms with E-state index >= 15 is 0 Å². The van der Waals surface area contributed by atoms with Crippen molar-refractivity contribution in [2.24, 2.45) is 0 Å². The highest BCUT2D eigenvalue weighted by atomic mass is 16.6. The van der Waals surface area contributed by atoms with Gasteiger partial charge in [-0.1, -0.05) is 0 Å². The molecular formula is C12H22N2O3. The highest BCUT2D eigenvalue weighted by Crippen LogP contribution is 2.19. The van der Waals surface area contributed by atoms with Gasteiger partial charge in [0.2, 0.25) is 5.91 Å². The van der Waals surface area contributed by atoms with Crippen LogP contribution in [0, 0.1) is 0 Å². The molecule has 0 aliphatic heterocycles. The van der Waals surface area contributed by atoms with Gasteiger partial charge >= 0.3 is 6.09 Å². The number of alkyl carbamates (subject to hydrolysis) is 1. The summed E-state index contributed by atoms with van der Waals surface area (Å²) in [6, 6.07) is 0.272. The molecule has 2 amide bonds. The molecule has 2 N–H and O–H groups in total. The lowest BCUT2D eigenvalue weighted by atomic mass is 10.2. The molecule has 2 atom stereocenters. The van der Waals surface area contributed by atoms with Gasteiger partial charge in [-0.2, -0.15) is 0 Å². The maximum Gasteiger partial charge on any atom is 0.407 e. The second-order valence-electron chi connectivity index (χ2n) is 5.55. The van der Waals surface area contributed by atoms with Gasteiger partial charge in [-0.25, -0.2) is 4.79 Å². The summed E-state index contributed by atoms with van der Waals surface area (Å²) in [5.74, 6) is -0.0204. The van der Waals surface area contributed by atoms with Gasteiger partial charge in [-0.15, -0.1) is 0 Å². The fraction of sp³-hybridized carbons (Fsp3) is 0.833. The third-order valence-corrected chi connectivity index (χ3v) is 2.56. The van der Waals surface area contributed by atoms with E-state index in [1.165, 1.54) is 6.92 Å². The van der Waals surface area contributed by atoms with Gasteiger partial charge in [-0.05, 0) is 40.0 Å². The normalized spacial score (nSPS) is 24.2. The van der Waals surface area contributed by atoms with E-state index in [9.17, 15) is 9.59 Å². The maximum absolute atomic E-state index is 11.5. The second kappa shape index (κ2) is 5.38. The number of amides is 2. The highest BCUT2D eigenvalue weighted by molar-refractivity contribution is 5.73. The molecule has 1 aliphatic carbocycles. The fourth-order valence-corrected chi connectivity index (χ4v) is 2.01. The molecule has 1 rings (SSSR count). The molecule has 17 heavy (non-hydrogen) atoms. The van der Waals surface area contributed by atoms with Crippen LogP contribution in [-0.2, 0) is 9.53 Å². The molecule has 1 aliphatic rings. The molecule has 0 saturated heterocycles. The molecular weight excluding hydrogens is 220 g/mol. The SMILES string of the molecule is CC(=O)NC1CCC(NC(=O)OC(C)(C)C)C1. The number of hydrogen-bond acceptors (Lipinski definition) is 3. The number of hydrogen-bond donors (Lipinski definition) is 2. The predicted octanol–water partition coefficient (Wildman–Crippen LogP) is 1.57. The summed E-state index contributed by atoms with van der Waals surface area (Å²) in [7, 11) is 0. The van der Waals surface area contributed by atoms with Crippen LogP contribution in [0.15, 0.2) is 0 Å². The quantitative estimate of drug-likeness (QED) is 0.772. The number of carbonyl (C=O) groups is 2. The summed E-state index contributed by atoms with van der Waals surface area (Å²) < 4.78 is 5.18. The van der Waals surface area contributed by atoms with Crippen molar-refractivity contribution in [3.8, 4) is 0 Å². The summed E-state index contributed by atoms with van der Waals surface area (Å²) in [6.45, 7) is 7.01. The van der Waals surface area contributed by atoms with Crippen molar-refractivity contribution in [1.82, 2.24) is 10.6 Å². The van der Waals surface area contributed by atoms with Gasteiger partial charge < -0.3 is 15.4 Å². The molecule has 0 bridgehead atoms. The third kappa shape index (κ3) is 5.56. The second-order valence-corrected chi connectivity index (χ2v) is 5.55. The van der Waals surface area contributed by atoms with Crippen LogP contribution < -0.4 is 10.6 Å². The van der Waals surface area contributed by atoms with Crippen LogP contribution in [0.3, 0.4) is 0 Å². The topological polar surface area (TPSA) is 67.4 Å². The van der Waals surface area contributed by atoms with E-state index in [4.69, 9.17) is 4.74 Å². The molecule has 5 nitrogen and oxygen atoms in total. The first-order valence-corrected chi connectivity index (χ1v) is 6.03. The Morgan fingerprint density at radius 1 is 1.12 bits per heavy atom. The smallest absolute Gasteiger partial charge is 0.407 e. The van der Waals surface area contributed by atoms with Crippen molar-refractivity contribution in [2.75, 3.05) is 0 Å². The van der Waals surface area contributed by atoms with Crippen molar-refractivity contribution in [3.63, 3.8) is 0 Å². The van der Waals surface area contributed by atoms with Crippen molar-refractivity contribution in [1.29, 1.82) is 0 Å². The Hall–Kier alpha value is -1.26. The van der Waals surface area contributed by atoms with E-state index in [1.54, 1.807) is 0 Å². The first-order chi connectivity index (χ1) is 7.76. The largest absolute Gasteiger partial charge is 0.444 e. The van der Waals surface area contributed by atoms with Crippen LogP contribution in [0.5, 0.6) is 0 Å². The Kier molecular flexibility index (Phi) is 4.37. The number of ether oxygens (including phenoxy) is 1. The number of rotatable bonds is 2. The minimum atomic E-state index is -0.472. The van der Waals surface area contributed by atoms with Crippen molar-refractivity contribution < 1.29 is 14.3 Å². The van der Waals surface area contributed by atoms with Gasteiger partial charge in [0.05, 0.1) is 0 Å². The summed E-state index contributed by atoms with van der Waals surface area (Å²) in [5.41, 5.74) is -0.472. The zero-order valence-corrected chi connectivity index (χ0v) is 11.0.